The smallest absolute Gasteiger partial charge is 0.333 e. The maximum atomic E-state index is 11.2. The molecule has 0 aromatic rings. The Balaban J connectivity index is 3.73. The number of carboxylic acid groups (broad SMARTS) is 1. The van der Waals surface area contributed by atoms with E-state index in [4.69, 9.17) is 15.6 Å². The zero-order valence-corrected chi connectivity index (χ0v) is 10.2. The molecule has 3 N–H and O–H groups in total. The van der Waals surface area contributed by atoms with Gasteiger partial charge in [0.2, 0.25) is 0 Å². The van der Waals surface area contributed by atoms with Crippen LogP contribution in [-0.4, -0.2) is 42.3 Å². The highest BCUT2D eigenvalue weighted by Crippen LogP contribution is 1.98. The Morgan fingerprint density at radius 3 is 2.33 bits per heavy atom. The van der Waals surface area contributed by atoms with Crippen LogP contribution in [0, 0.1) is 0 Å². The SMILES string of the molecule is C=C(C)C(=O)OCCOC(=O)[C@@H](N)CCC(=O)O. The first-order valence-electron chi connectivity index (χ1n) is 5.31. The van der Waals surface area contributed by atoms with E-state index in [1.807, 2.05) is 0 Å². The fraction of sp³-hybridized carbons (Fsp3) is 0.545. The molecule has 0 bridgehead atoms. The predicted molar refractivity (Wildman–Crippen MR) is 61.6 cm³/mol. The molecule has 0 amide bonds. The van der Waals surface area contributed by atoms with E-state index >= 15 is 0 Å². The summed E-state index contributed by atoms with van der Waals surface area (Å²) in [5.74, 6) is -2.32. The summed E-state index contributed by atoms with van der Waals surface area (Å²) in [6, 6.07) is -0.988. The molecular weight excluding hydrogens is 242 g/mol. The molecule has 18 heavy (non-hydrogen) atoms. The standard InChI is InChI=1S/C11H17NO6/c1-7(2)10(15)17-5-6-18-11(16)8(12)3-4-9(13)14/h8H,1,3-6,12H2,2H3,(H,13,14)/t8-/m0/s1. The highest BCUT2D eigenvalue weighted by molar-refractivity contribution is 5.86. The Morgan fingerprint density at radius 1 is 1.28 bits per heavy atom. The van der Waals surface area contributed by atoms with Crippen LogP contribution in [0.15, 0.2) is 12.2 Å². The van der Waals surface area contributed by atoms with Crippen LogP contribution in [0.2, 0.25) is 0 Å². The molecule has 0 aliphatic rings. The lowest BCUT2D eigenvalue weighted by Crippen LogP contribution is -2.33. The van der Waals surface area contributed by atoms with Gasteiger partial charge in [-0.3, -0.25) is 9.59 Å². The lowest BCUT2D eigenvalue weighted by molar-refractivity contribution is -0.151. The summed E-state index contributed by atoms with van der Waals surface area (Å²) in [5, 5.41) is 8.40. The van der Waals surface area contributed by atoms with Crippen molar-refractivity contribution < 1.29 is 29.0 Å². The van der Waals surface area contributed by atoms with Gasteiger partial charge in [0, 0.05) is 12.0 Å². The van der Waals surface area contributed by atoms with Crippen molar-refractivity contribution in [1.82, 2.24) is 0 Å². The van der Waals surface area contributed by atoms with Crippen molar-refractivity contribution in [3.8, 4) is 0 Å². The van der Waals surface area contributed by atoms with Gasteiger partial charge in [0.15, 0.2) is 0 Å². The van der Waals surface area contributed by atoms with E-state index in [1.165, 1.54) is 6.92 Å². The summed E-state index contributed by atoms with van der Waals surface area (Å²) >= 11 is 0. The molecule has 7 heteroatoms. The van der Waals surface area contributed by atoms with Crippen LogP contribution in [0.1, 0.15) is 19.8 Å². The molecule has 0 radical (unpaired) electrons. The van der Waals surface area contributed by atoms with Crippen LogP contribution in [0.25, 0.3) is 0 Å². The van der Waals surface area contributed by atoms with Gasteiger partial charge >= 0.3 is 17.9 Å². The third-order valence-corrected chi connectivity index (χ3v) is 1.88. The topological polar surface area (TPSA) is 116 Å². The Labute approximate surface area is 105 Å². The first-order chi connectivity index (χ1) is 8.34. The van der Waals surface area contributed by atoms with Gasteiger partial charge in [0.05, 0.1) is 0 Å². The van der Waals surface area contributed by atoms with Crippen molar-refractivity contribution in [2.75, 3.05) is 13.2 Å². The Kier molecular flexibility index (Phi) is 7.37. The molecule has 7 nitrogen and oxygen atoms in total. The second-order valence-electron chi connectivity index (χ2n) is 3.62. The van der Waals surface area contributed by atoms with Crippen molar-refractivity contribution in [3.05, 3.63) is 12.2 Å². The molecule has 0 aromatic heterocycles. The second kappa shape index (κ2) is 8.24. The minimum atomic E-state index is -1.03. The normalized spacial score (nSPS) is 11.4. The number of hydrogen-bond acceptors (Lipinski definition) is 6. The summed E-state index contributed by atoms with van der Waals surface area (Å²) in [4.78, 5) is 32.4. The zero-order chi connectivity index (χ0) is 14.1. The van der Waals surface area contributed by atoms with Crippen LogP contribution >= 0.6 is 0 Å². The second-order valence-corrected chi connectivity index (χ2v) is 3.62. The predicted octanol–water partition coefficient (Wildman–Crippen LogP) is -0.159. The van der Waals surface area contributed by atoms with Crippen LogP contribution in [0.4, 0.5) is 0 Å². The molecule has 0 spiro atoms. The number of carbonyl (C=O) groups is 3. The number of aliphatic carboxylic acids is 1. The maximum Gasteiger partial charge on any atom is 0.333 e. The number of rotatable bonds is 8. The number of carboxylic acids is 1. The van der Waals surface area contributed by atoms with Gasteiger partial charge < -0.3 is 20.3 Å². The van der Waals surface area contributed by atoms with Crippen LogP contribution in [0.5, 0.6) is 0 Å². The van der Waals surface area contributed by atoms with Gasteiger partial charge in [-0.25, -0.2) is 4.79 Å². The van der Waals surface area contributed by atoms with Gasteiger partial charge in [-0.1, -0.05) is 6.58 Å². The summed E-state index contributed by atoms with van der Waals surface area (Å²) < 4.78 is 9.38. The largest absolute Gasteiger partial charge is 0.481 e. The van der Waals surface area contributed by atoms with E-state index in [9.17, 15) is 14.4 Å². The molecule has 0 unspecified atom stereocenters. The number of ether oxygens (including phenoxy) is 2. The van der Waals surface area contributed by atoms with Crippen LogP contribution < -0.4 is 5.73 Å². The van der Waals surface area contributed by atoms with Gasteiger partial charge in [-0.2, -0.15) is 0 Å². The first-order valence-corrected chi connectivity index (χ1v) is 5.31. The highest BCUT2D eigenvalue weighted by atomic mass is 16.6. The monoisotopic (exact) mass is 259 g/mol. The molecule has 0 rings (SSSR count). The van der Waals surface area contributed by atoms with Crippen molar-refractivity contribution in [1.29, 1.82) is 0 Å². The lowest BCUT2D eigenvalue weighted by atomic mass is 10.2. The first kappa shape index (κ1) is 16.1. The van der Waals surface area contributed by atoms with Crippen molar-refractivity contribution in [3.63, 3.8) is 0 Å². The molecule has 0 aliphatic heterocycles. The summed E-state index contributed by atoms with van der Waals surface area (Å²) in [6.45, 7) is 4.66. The molecule has 1 atom stereocenters. The van der Waals surface area contributed by atoms with Gasteiger partial charge in [0.25, 0.3) is 0 Å². The minimum Gasteiger partial charge on any atom is -0.481 e. The highest BCUT2D eigenvalue weighted by Gasteiger charge is 2.16. The molecule has 0 aliphatic carbocycles. The van der Waals surface area contributed by atoms with Gasteiger partial charge in [0.1, 0.15) is 19.3 Å². The molecule has 0 fully saturated rings. The van der Waals surface area contributed by atoms with Crippen molar-refractivity contribution >= 4 is 17.9 Å². The third-order valence-electron chi connectivity index (χ3n) is 1.88. The van der Waals surface area contributed by atoms with E-state index in [0.29, 0.717) is 0 Å². The fourth-order valence-electron chi connectivity index (χ4n) is 0.904. The lowest BCUT2D eigenvalue weighted by Gasteiger charge is -2.10. The van der Waals surface area contributed by atoms with Gasteiger partial charge in [-0.05, 0) is 13.3 Å². The number of nitrogens with two attached hydrogens (primary N) is 1. The van der Waals surface area contributed by atoms with Crippen molar-refractivity contribution in [2.24, 2.45) is 5.73 Å². The number of esters is 2. The molecule has 0 heterocycles. The van der Waals surface area contributed by atoms with E-state index < -0.39 is 23.9 Å². The molecule has 0 aromatic carbocycles. The number of hydrogen-bond donors (Lipinski definition) is 2. The van der Waals surface area contributed by atoms with Crippen molar-refractivity contribution in [2.45, 2.75) is 25.8 Å². The molecule has 102 valence electrons. The minimum absolute atomic E-state index is 0.000277. The fourth-order valence-corrected chi connectivity index (χ4v) is 0.904. The maximum absolute atomic E-state index is 11.2. The average Bonchev–Trinajstić information content (AvgIpc) is 2.30. The quantitative estimate of drug-likeness (QED) is 0.353. The molecular formula is C11H17NO6. The Hall–Kier alpha value is -1.89. The van der Waals surface area contributed by atoms with E-state index in [0.717, 1.165) is 0 Å². The number of carbonyl (C=O) groups excluding carboxylic acids is 2. The average molecular weight is 259 g/mol. The Bertz CT molecular complexity index is 338. The third kappa shape index (κ3) is 7.39. The van der Waals surface area contributed by atoms with E-state index in [-0.39, 0.29) is 31.6 Å². The zero-order valence-electron chi connectivity index (χ0n) is 10.2. The van der Waals surface area contributed by atoms with Crippen LogP contribution in [-0.2, 0) is 23.9 Å². The van der Waals surface area contributed by atoms with Crippen LogP contribution in [0.3, 0.4) is 0 Å². The summed E-state index contributed by atoms with van der Waals surface area (Å²) in [6.07, 6.45) is -0.208. The Morgan fingerprint density at radius 2 is 1.83 bits per heavy atom. The molecule has 0 saturated carbocycles. The summed E-state index contributed by atoms with van der Waals surface area (Å²) in [5.41, 5.74) is 5.65. The van der Waals surface area contributed by atoms with E-state index in [2.05, 4.69) is 11.3 Å². The van der Waals surface area contributed by atoms with E-state index in [1.54, 1.807) is 0 Å². The summed E-state index contributed by atoms with van der Waals surface area (Å²) in [7, 11) is 0. The molecule has 0 saturated heterocycles. The van der Waals surface area contributed by atoms with Gasteiger partial charge in [-0.15, -0.1) is 0 Å².